The van der Waals surface area contributed by atoms with Crippen molar-refractivity contribution in [2.24, 2.45) is 0 Å². The summed E-state index contributed by atoms with van der Waals surface area (Å²) in [5.41, 5.74) is 2.17. The third-order valence-electron chi connectivity index (χ3n) is 4.52. The molecule has 0 radical (unpaired) electrons. The van der Waals surface area contributed by atoms with Gasteiger partial charge in [0.1, 0.15) is 5.75 Å². The molecule has 0 aliphatic carbocycles. The third kappa shape index (κ3) is 4.70. The molecule has 1 aromatic carbocycles. The molecule has 0 spiro atoms. The van der Waals surface area contributed by atoms with E-state index in [-0.39, 0.29) is 18.6 Å². The van der Waals surface area contributed by atoms with Crippen LogP contribution in [-0.4, -0.2) is 79.3 Å². The van der Waals surface area contributed by atoms with Crippen LogP contribution in [0.2, 0.25) is 0 Å². The molecule has 1 fully saturated rings. The highest BCUT2D eigenvalue weighted by molar-refractivity contribution is 5.79. The van der Waals surface area contributed by atoms with E-state index >= 15 is 0 Å². The zero-order valence-corrected chi connectivity index (χ0v) is 14.4. The second-order valence-corrected chi connectivity index (χ2v) is 6.64. The summed E-state index contributed by atoms with van der Waals surface area (Å²) in [4.78, 5) is 26.9. The molecular weight excluding hydrogens is 324 g/mol. The van der Waals surface area contributed by atoms with Gasteiger partial charge in [0.2, 0.25) is 5.91 Å². The molecule has 1 amide bonds. The molecule has 0 aromatic heterocycles. The minimum Gasteiger partial charge on any atom is -0.493 e. The zero-order valence-electron chi connectivity index (χ0n) is 14.4. The van der Waals surface area contributed by atoms with Crippen LogP contribution in [0.4, 0.5) is 0 Å². The van der Waals surface area contributed by atoms with Crippen LogP contribution in [-0.2, 0) is 27.2 Å². The standard InChI is InChI=1S/C18H24N2O5/c1-19(12-18(22)23)10-15-11-20(5-7-24-15)17(21)9-13-2-3-16-14(8-13)4-6-25-16/h2-3,8,15H,4-7,9-12H2,1H3,(H,22,23). The number of hydrogen-bond donors (Lipinski definition) is 1. The third-order valence-corrected chi connectivity index (χ3v) is 4.52. The molecule has 1 atom stereocenters. The molecule has 136 valence electrons. The lowest BCUT2D eigenvalue weighted by Gasteiger charge is -2.34. The molecule has 1 saturated heterocycles. The molecule has 3 rings (SSSR count). The highest BCUT2D eigenvalue weighted by Crippen LogP contribution is 2.26. The molecule has 1 aromatic rings. The van der Waals surface area contributed by atoms with Crippen molar-refractivity contribution < 1.29 is 24.2 Å². The topological polar surface area (TPSA) is 79.3 Å². The molecule has 2 aliphatic rings. The van der Waals surface area contributed by atoms with Gasteiger partial charge in [-0.05, 0) is 24.2 Å². The Morgan fingerprint density at radius 3 is 3.00 bits per heavy atom. The van der Waals surface area contributed by atoms with Gasteiger partial charge in [-0.2, -0.15) is 0 Å². The van der Waals surface area contributed by atoms with E-state index in [1.165, 1.54) is 5.56 Å². The van der Waals surface area contributed by atoms with Crippen LogP contribution >= 0.6 is 0 Å². The fraction of sp³-hybridized carbons (Fsp3) is 0.556. The summed E-state index contributed by atoms with van der Waals surface area (Å²) in [5, 5.41) is 8.83. The summed E-state index contributed by atoms with van der Waals surface area (Å²) in [6, 6.07) is 5.94. The van der Waals surface area contributed by atoms with E-state index in [9.17, 15) is 9.59 Å². The number of fused-ring (bicyclic) bond motifs is 1. The first-order chi connectivity index (χ1) is 12.0. The Labute approximate surface area is 147 Å². The summed E-state index contributed by atoms with van der Waals surface area (Å²) in [6.07, 6.45) is 1.10. The fourth-order valence-corrected chi connectivity index (χ4v) is 3.34. The molecule has 7 heteroatoms. The number of ether oxygens (including phenoxy) is 2. The average molecular weight is 348 g/mol. The number of morpholine rings is 1. The Balaban J connectivity index is 1.54. The van der Waals surface area contributed by atoms with Crippen LogP contribution in [0.3, 0.4) is 0 Å². The number of carbonyl (C=O) groups is 2. The van der Waals surface area contributed by atoms with Gasteiger partial charge in [-0.15, -0.1) is 0 Å². The van der Waals surface area contributed by atoms with Crippen molar-refractivity contribution in [1.29, 1.82) is 0 Å². The molecule has 0 bridgehead atoms. The van der Waals surface area contributed by atoms with Crippen molar-refractivity contribution in [2.75, 3.05) is 46.4 Å². The predicted molar refractivity (Wildman–Crippen MR) is 90.8 cm³/mol. The van der Waals surface area contributed by atoms with Crippen LogP contribution in [0.5, 0.6) is 5.75 Å². The Bertz CT molecular complexity index is 648. The smallest absolute Gasteiger partial charge is 0.317 e. The minimum atomic E-state index is -0.869. The first kappa shape index (κ1) is 17.7. The maximum atomic E-state index is 12.6. The van der Waals surface area contributed by atoms with E-state index in [0.717, 1.165) is 17.7 Å². The molecule has 0 saturated carbocycles. The summed E-state index contributed by atoms with van der Waals surface area (Å²) >= 11 is 0. The monoisotopic (exact) mass is 348 g/mol. The second kappa shape index (κ2) is 7.84. The van der Waals surface area contributed by atoms with Gasteiger partial charge in [0.05, 0.1) is 32.3 Å². The lowest BCUT2D eigenvalue weighted by Crippen LogP contribution is -2.50. The van der Waals surface area contributed by atoms with Crippen molar-refractivity contribution in [3.63, 3.8) is 0 Å². The molecule has 7 nitrogen and oxygen atoms in total. The minimum absolute atomic E-state index is 0.0367. The van der Waals surface area contributed by atoms with Crippen LogP contribution < -0.4 is 4.74 Å². The number of carboxylic acids is 1. The van der Waals surface area contributed by atoms with E-state index in [0.29, 0.717) is 39.3 Å². The van der Waals surface area contributed by atoms with Crippen molar-refractivity contribution in [3.8, 4) is 5.75 Å². The van der Waals surface area contributed by atoms with Gasteiger partial charge in [0, 0.05) is 26.1 Å². The van der Waals surface area contributed by atoms with E-state index in [2.05, 4.69) is 6.07 Å². The maximum absolute atomic E-state index is 12.6. The Morgan fingerprint density at radius 1 is 1.36 bits per heavy atom. The summed E-state index contributed by atoms with van der Waals surface area (Å²) < 4.78 is 11.2. The van der Waals surface area contributed by atoms with E-state index in [1.807, 2.05) is 17.0 Å². The fourth-order valence-electron chi connectivity index (χ4n) is 3.34. The molecule has 2 aliphatic heterocycles. The first-order valence-electron chi connectivity index (χ1n) is 8.55. The molecular formula is C18H24N2O5. The van der Waals surface area contributed by atoms with Gasteiger partial charge in [-0.1, -0.05) is 12.1 Å². The zero-order chi connectivity index (χ0) is 17.8. The number of likely N-dealkylation sites (N-methyl/N-ethyl adjacent to an activating group) is 1. The number of aliphatic carboxylic acids is 1. The van der Waals surface area contributed by atoms with Gasteiger partial charge in [0.25, 0.3) is 0 Å². The normalized spacial score (nSPS) is 19.6. The summed E-state index contributed by atoms with van der Waals surface area (Å²) in [6.45, 7) is 2.72. The maximum Gasteiger partial charge on any atom is 0.317 e. The number of carbonyl (C=O) groups excluding carboxylic acids is 1. The van der Waals surface area contributed by atoms with Gasteiger partial charge in [-0.3, -0.25) is 14.5 Å². The van der Waals surface area contributed by atoms with Crippen LogP contribution in [0.1, 0.15) is 11.1 Å². The SMILES string of the molecule is CN(CC(=O)O)CC1CN(C(=O)Cc2ccc3c(c2)CCO3)CCO1. The van der Waals surface area contributed by atoms with E-state index in [1.54, 1.807) is 11.9 Å². The number of benzene rings is 1. The summed E-state index contributed by atoms with van der Waals surface area (Å²) in [7, 11) is 1.74. The number of rotatable bonds is 6. The van der Waals surface area contributed by atoms with E-state index in [4.69, 9.17) is 14.6 Å². The van der Waals surface area contributed by atoms with Crippen molar-refractivity contribution in [2.45, 2.75) is 18.9 Å². The van der Waals surface area contributed by atoms with Crippen LogP contribution in [0, 0.1) is 0 Å². The Hall–Kier alpha value is -2.12. The molecule has 25 heavy (non-hydrogen) atoms. The van der Waals surface area contributed by atoms with Crippen LogP contribution in [0.25, 0.3) is 0 Å². The molecule has 1 N–H and O–H groups in total. The predicted octanol–water partition coefficient (Wildman–Crippen LogP) is 0.408. The van der Waals surface area contributed by atoms with Crippen molar-refractivity contribution in [3.05, 3.63) is 29.3 Å². The van der Waals surface area contributed by atoms with Gasteiger partial charge < -0.3 is 19.5 Å². The number of hydrogen-bond acceptors (Lipinski definition) is 5. The molecule has 1 unspecified atom stereocenters. The number of nitrogens with zero attached hydrogens (tertiary/aromatic N) is 2. The highest BCUT2D eigenvalue weighted by Gasteiger charge is 2.26. The lowest BCUT2D eigenvalue weighted by molar-refractivity contribution is -0.142. The first-order valence-corrected chi connectivity index (χ1v) is 8.55. The molecule has 2 heterocycles. The van der Waals surface area contributed by atoms with Crippen molar-refractivity contribution in [1.82, 2.24) is 9.80 Å². The number of amides is 1. The second-order valence-electron chi connectivity index (χ2n) is 6.64. The summed E-state index contributed by atoms with van der Waals surface area (Å²) in [5.74, 6) is 0.129. The van der Waals surface area contributed by atoms with E-state index < -0.39 is 5.97 Å². The number of carboxylic acid groups (broad SMARTS) is 1. The van der Waals surface area contributed by atoms with Gasteiger partial charge in [0.15, 0.2) is 0 Å². The Kier molecular flexibility index (Phi) is 5.55. The van der Waals surface area contributed by atoms with Gasteiger partial charge >= 0.3 is 5.97 Å². The largest absolute Gasteiger partial charge is 0.493 e. The average Bonchev–Trinajstić information content (AvgIpc) is 3.02. The quantitative estimate of drug-likeness (QED) is 0.802. The lowest BCUT2D eigenvalue weighted by atomic mass is 10.1. The van der Waals surface area contributed by atoms with Crippen molar-refractivity contribution >= 4 is 11.9 Å². The van der Waals surface area contributed by atoms with Gasteiger partial charge in [-0.25, -0.2) is 0 Å². The van der Waals surface area contributed by atoms with Crippen LogP contribution in [0.15, 0.2) is 18.2 Å². The Morgan fingerprint density at radius 2 is 2.20 bits per heavy atom. The highest BCUT2D eigenvalue weighted by atomic mass is 16.5.